The zero-order valence-electron chi connectivity index (χ0n) is 13.5. The van der Waals surface area contributed by atoms with E-state index in [4.69, 9.17) is 4.74 Å². The molecule has 0 aliphatic carbocycles. The molecule has 1 fully saturated rings. The van der Waals surface area contributed by atoms with E-state index in [1.165, 1.54) is 0 Å². The summed E-state index contributed by atoms with van der Waals surface area (Å²) in [5.41, 5.74) is 2.91. The first-order chi connectivity index (χ1) is 11.6. The monoisotopic (exact) mass is 328 g/mol. The van der Waals surface area contributed by atoms with Crippen molar-refractivity contribution in [1.29, 1.82) is 0 Å². The van der Waals surface area contributed by atoms with Crippen molar-refractivity contribution in [3.05, 3.63) is 48.0 Å². The summed E-state index contributed by atoms with van der Waals surface area (Å²) in [5, 5.41) is 18.5. The highest BCUT2D eigenvalue weighted by atomic mass is 16.8. The van der Waals surface area contributed by atoms with E-state index in [1.807, 2.05) is 29.2 Å². The molecule has 0 aromatic heterocycles. The highest BCUT2D eigenvalue weighted by Gasteiger charge is 2.20. The summed E-state index contributed by atoms with van der Waals surface area (Å²) in [4.78, 5) is 13.7. The number of rotatable bonds is 5. The van der Waals surface area contributed by atoms with Crippen LogP contribution in [0, 0.1) is 0 Å². The molecule has 6 heteroatoms. The normalized spacial score (nSPS) is 14.1. The molecule has 0 spiro atoms. The first-order valence-electron chi connectivity index (χ1n) is 7.81. The molecule has 1 heterocycles. The van der Waals surface area contributed by atoms with Crippen LogP contribution < -0.4 is 9.96 Å². The number of amides is 1. The van der Waals surface area contributed by atoms with Crippen molar-refractivity contribution < 1.29 is 19.9 Å². The Labute approximate surface area is 140 Å². The Kier molecular flexibility index (Phi) is 4.69. The summed E-state index contributed by atoms with van der Waals surface area (Å²) in [6, 6.07) is 12.6. The number of hydrogen-bond acceptors (Lipinski definition) is 5. The third kappa shape index (κ3) is 3.34. The molecule has 0 atom stereocenters. The number of hydrogen-bond donors (Lipinski definition) is 2. The molecule has 0 radical (unpaired) electrons. The molecular weight excluding hydrogens is 308 g/mol. The lowest BCUT2D eigenvalue weighted by Crippen LogP contribution is -2.23. The molecule has 126 valence electrons. The molecule has 0 unspecified atom stereocenters. The average molecular weight is 328 g/mol. The van der Waals surface area contributed by atoms with Gasteiger partial charge in [-0.15, -0.1) is 5.23 Å². The van der Waals surface area contributed by atoms with Crippen molar-refractivity contribution in [3.63, 3.8) is 0 Å². The topological polar surface area (TPSA) is 73.2 Å². The van der Waals surface area contributed by atoms with Crippen molar-refractivity contribution in [1.82, 2.24) is 4.90 Å². The van der Waals surface area contributed by atoms with Crippen LogP contribution in [0.1, 0.15) is 18.4 Å². The van der Waals surface area contributed by atoms with E-state index < -0.39 is 0 Å². The van der Waals surface area contributed by atoms with Crippen LogP contribution in [0.3, 0.4) is 0 Å². The minimum atomic E-state index is 0.0860. The van der Waals surface area contributed by atoms with E-state index in [1.54, 1.807) is 25.3 Å². The number of likely N-dealkylation sites (tertiary alicyclic amines) is 1. The molecular formula is C18H20N2O4. The number of benzene rings is 2. The summed E-state index contributed by atoms with van der Waals surface area (Å²) in [7, 11) is 1.59. The molecule has 6 nitrogen and oxygen atoms in total. The number of carbonyl (C=O) groups is 1. The second-order valence-corrected chi connectivity index (χ2v) is 5.79. The maximum Gasteiger partial charge on any atom is 0.222 e. The van der Waals surface area contributed by atoms with Gasteiger partial charge in [-0.2, -0.15) is 0 Å². The molecule has 3 rings (SSSR count). The van der Waals surface area contributed by atoms with Gasteiger partial charge in [0.2, 0.25) is 5.91 Å². The number of ether oxygens (including phenoxy) is 1. The van der Waals surface area contributed by atoms with Crippen molar-refractivity contribution >= 4 is 11.6 Å². The molecule has 1 amide bonds. The zero-order valence-corrected chi connectivity index (χ0v) is 13.5. The molecule has 1 aliphatic rings. The molecule has 1 aliphatic heterocycles. The molecule has 2 aromatic carbocycles. The van der Waals surface area contributed by atoms with Gasteiger partial charge in [-0.3, -0.25) is 15.2 Å². The molecule has 2 aromatic rings. The van der Waals surface area contributed by atoms with Gasteiger partial charge in [0.05, 0.1) is 12.8 Å². The van der Waals surface area contributed by atoms with E-state index in [0.717, 1.165) is 29.7 Å². The van der Waals surface area contributed by atoms with Crippen LogP contribution >= 0.6 is 0 Å². The van der Waals surface area contributed by atoms with Crippen LogP contribution in [0.25, 0.3) is 11.1 Å². The highest BCUT2D eigenvalue weighted by molar-refractivity contribution is 5.78. The smallest absolute Gasteiger partial charge is 0.222 e. The molecule has 0 saturated carbocycles. The minimum absolute atomic E-state index is 0.0860. The Hall–Kier alpha value is -2.57. The number of anilines is 1. The Morgan fingerprint density at radius 2 is 2.04 bits per heavy atom. The van der Waals surface area contributed by atoms with Gasteiger partial charge in [0, 0.05) is 25.1 Å². The quantitative estimate of drug-likeness (QED) is 0.825. The maximum atomic E-state index is 11.8. The van der Waals surface area contributed by atoms with E-state index in [0.29, 0.717) is 18.7 Å². The summed E-state index contributed by atoms with van der Waals surface area (Å²) in [5.74, 6) is 0.872. The van der Waals surface area contributed by atoms with Gasteiger partial charge in [-0.1, -0.05) is 18.2 Å². The van der Waals surface area contributed by atoms with Crippen molar-refractivity contribution in [2.24, 2.45) is 0 Å². The first kappa shape index (κ1) is 16.3. The van der Waals surface area contributed by atoms with Crippen LogP contribution in [-0.4, -0.2) is 34.9 Å². The Morgan fingerprint density at radius 1 is 1.21 bits per heavy atom. The van der Waals surface area contributed by atoms with Gasteiger partial charge in [-0.25, -0.2) is 0 Å². The second kappa shape index (κ2) is 6.90. The fourth-order valence-electron chi connectivity index (χ4n) is 2.97. The predicted molar refractivity (Wildman–Crippen MR) is 89.1 cm³/mol. The van der Waals surface area contributed by atoms with Gasteiger partial charge in [0.15, 0.2) is 0 Å². The van der Waals surface area contributed by atoms with Gasteiger partial charge < -0.3 is 9.64 Å². The second-order valence-electron chi connectivity index (χ2n) is 5.79. The van der Waals surface area contributed by atoms with E-state index in [2.05, 4.69) is 0 Å². The van der Waals surface area contributed by atoms with Crippen molar-refractivity contribution in [2.75, 3.05) is 18.9 Å². The fraction of sp³-hybridized carbons (Fsp3) is 0.278. The van der Waals surface area contributed by atoms with Crippen LogP contribution in [0.2, 0.25) is 0 Å². The van der Waals surface area contributed by atoms with E-state index >= 15 is 0 Å². The summed E-state index contributed by atoms with van der Waals surface area (Å²) in [6.45, 7) is 1.36. The Morgan fingerprint density at radius 3 is 2.71 bits per heavy atom. The Balaban J connectivity index is 1.95. The number of methoxy groups -OCH3 is 1. The number of nitrogens with zero attached hydrogens (tertiary/aromatic N) is 2. The van der Waals surface area contributed by atoms with Gasteiger partial charge in [0.25, 0.3) is 0 Å². The van der Waals surface area contributed by atoms with Crippen molar-refractivity contribution in [2.45, 2.75) is 19.4 Å². The predicted octanol–water partition coefficient (Wildman–Crippen LogP) is 3.07. The summed E-state index contributed by atoms with van der Waals surface area (Å²) >= 11 is 0. The lowest BCUT2D eigenvalue weighted by Gasteiger charge is -2.18. The number of carbonyl (C=O) groups excluding carboxylic acids is 1. The fourth-order valence-corrected chi connectivity index (χ4v) is 2.97. The van der Waals surface area contributed by atoms with Gasteiger partial charge in [-0.05, 0) is 41.8 Å². The van der Waals surface area contributed by atoms with Gasteiger partial charge >= 0.3 is 0 Å². The van der Waals surface area contributed by atoms with Crippen LogP contribution in [0.5, 0.6) is 5.75 Å². The SMILES string of the molecule is COc1ccc(CN2CCCC2=O)cc1-c1cccc(N(O)O)c1. The molecule has 2 N–H and O–H groups in total. The standard InChI is InChI=1S/C18H20N2O4/c1-24-17-8-7-13(12-19-9-3-6-18(19)21)10-16(17)14-4-2-5-15(11-14)20(22)23/h2,4-5,7-8,10-11,22-23H,3,6,9,12H2,1H3. The molecule has 0 bridgehead atoms. The first-order valence-corrected chi connectivity index (χ1v) is 7.81. The lowest BCUT2D eigenvalue weighted by molar-refractivity contribution is -0.128. The van der Waals surface area contributed by atoms with Crippen LogP contribution in [-0.2, 0) is 11.3 Å². The Bertz CT molecular complexity index is 746. The highest BCUT2D eigenvalue weighted by Crippen LogP contribution is 2.33. The molecule has 24 heavy (non-hydrogen) atoms. The van der Waals surface area contributed by atoms with Crippen LogP contribution in [0.15, 0.2) is 42.5 Å². The summed E-state index contributed by atoms with van der Waals surface area (Å²) in [6.07, 6.45) is 1.53. The van der Waals surface area contributed by atoms with Crippen LogP contribution in [0.4, 0.5) is 5.69 Å². The largest absolute Gasteiger partial charge is 0.496 e. The third-order valence-electron chi connectivity index (χ3n) is 4.20. The minimum Gasteiger partial charge on any atom is -0.496 e. The zero-order chi connectivity index (χ0) is 17.1. The maximum absolute atomic E-state index is 11.8. The van der Waals surface area contributed by atoms with E-state index in [9.17, 15) is 15.2 Å². The van der Waals surface area contributed by atoms with E-state index in [-0.39, 0.29) is 16.8 Å². The lowest BCUT2D eigenvalue weighted by atomic mass is 10.0. The third-order valence-corrected chi connectivity index (χ3v) is 4.20. The molecule has 1 saturated heterocycles. The van der Waals surface area contributed by atoms with Gasteiger partial charge in [0.1, 0.15) is 5.75 Å². The van der Waals surface area contributed by atoms with Crippen molar-refractivity contribution in [3.8, 4) is 16.9 Å². The summed E-state index contributed by atoms with van der Waals surface area (Å²) < 4.78 is 5.43. The average Bonchev–Trinajstić information content (AvgIpc) is 3.00.